The second kappa shape index (κ2) is 6.65. The van der Waals surface area contributed by atoms with Crippen molar-refractivity contribution >= 4 is 17.6 Å². The molecule has 2 unspecified atom stereocenters. The molecule has 0 aromatic carbocycles. The van der Waals surface area contributed by atoms with E-state index in [1.54, 1.807) is 23.9 Å². The van der Waals surface area contributed by atoms with Gasteiger partial charge >= 0.3 is 0 Å². The van der Waals surface area contributed by atoms with Gasteiger partial charge in [-0.2, -0.15) is 0 Å². The largest absolute Gasteiger partial charge is 0.346 e. The van der Waals surface area contributed by atoms with Gasteiger partial charge < -0.3 is 14.4 Å². The van der Waals surface area contributed by atoms with Crippen LogP contribution in [-0.4, -0.2) is 57.1 Å². The van der Waals surface area contributed by atoms with Crippen molar-refractivity contribution in [3.8, 4) is 0 Å². The van der Waals surface area contributed by atoms with Gasteiger partial charge in [-0.15, -0.1) is 0 Å². The summed E-state index contributed by atoms with van der Waals surface area (Å²) in [6.07, 6.45) is 1.68. The van der Waals surface area contributed by atoms with Gasteiger partial charge in [0.15, 0.2) is 5.78 Å². The van der Waals surface area contributed by atoms with Crippen molar-refractivity contribution in [2.75, 3.05) is 13.1 Å². The highest BCUT2D eigenvalue weighted by atomic mass is 16.2. The van der Waals surface area contributed by atoms with E-state index in [1.165, 1.54) is 6.92 Å². The zero-order valence-corrected chi connectivity index (χ0v) is 16.3. The fourth-order valence-electron chi connectivity index (χ4n) is 3.47. The maximum Gasteiger partial charge on any atom is 0.271 e. The molecule has 6 heteroatoms. The van der Waals surface area contributed by atoms with E-state index in [1.807, 2.05) is 44.4 Å². The number of carbonyl (C=O) groups excluding carboxylic acids is 3. The lowest BCUT2D eigenvalue weighted by Gasteiger charge is -2.45. The molecule has 1 aromatic heterocycles. The van der Waals surface area contributed by atoms with Crippen LogP contribution in [0.2, 0.25) is 0 Å². The van der Waals surface area contributed by atoms with Crippen LogP contribution in [0.4, 0.5) is 0 Å². The smallest absolute Gasteiger partial charge is 0.271 e. The van der Waals surface area contributed by atoms with Crippen molar-refractivity contribution < 1.29 is 14.4 Å². The summed E-state index contributed by atoms with van der Waals surface area (Å²) in [6.45, 7) is 12.2. The van der Waals surface area contributed by atoms with Gasteiger partial charge in [0.1, 0.15) is 5.69 Å². The average molecular weight is 347 g/mol. The Labute approximate surface area is 149 Å². The first-order valence-electron chi connectivity index (χ1n) is 8.72. The van der Waals surface area contributed by atoms with Gasteiger partial charge in [-0.05, 0) is 26.8 Å². The zero-order valence-electron chi connectivity index (χ0n) is 16.3. The van der Waals surface area contributed by atoms with E-state index < -0.39 is 5.41 Å². The fraction of sp³-hybridized carbons (Fsp3) is 0.632. The van der Waals surface area contributed by atoms with Crippen molar-refractivity contribution in [2.24, 2.45) is 12.5 Å². The van der Waals surface area contributed by atoms with Crippen LogP contribution in [-0.2, 0) is 11.8 Å². The third-order valence-electron chi connectivity index (χ3n) is 4.71. The third kappa shape index (κ3) is 3.78. The number of hydrogen-bond donors (Lipinski definition) is 0. The van der Waals surface area contributed by atoms with E-state index in [0.717, 1.165) is 0 Å². The summed E-state index contributed by atoms with van der Waals surface area (Å²) in [5.74, 6) is -0.0507. The molecule has 1 aliphatic heterocycles. The van der Waals surface area contributed by atoms with E-state index in [9.17, 15) is 14.4 Å². The number of nitrogens with zero attached hydrogens (tertiary/aromatic N) is 3. The molecule has 0 aliphatic carbocycles. The molecule has 1 aliphatic rings. The third-order valence-corrected chi connectivity index (χ3v) is 4.71. The molecule has 138 valence electrons. The zero-order chi connectivity index (χ0) is 19.1. The lowest BCUT2D eigenvalue weighted by molar-refractivity contribution is -0.143. The van der Waals surface area contributed by atoms with Gasteiger partial charge in [0.2, 0.25) is 5.91 Å². The Morgan fingerprint density at radius 3 is 2.00 bits per heavy atom. The summed E-state index contributed by atoms with van der Waals surface area (Å²) >= 11 is 0. The Bertz CT molecular complexity index is 687. The highest BCUT2D eigenvalue weighted by Crippen LogP contribution is 2.24. The number of hydrogen-bond acceptors (Lipinski definition) is 3. The van der Waals surface area contributed by atoms with E-state index in [0.29, 0.717) is 24.3 Å². The molecule has 2 heterocycles. The minimum absolute atomic E-state index is 0.0589. The monoisotopic (exact) mass is 347 g/mol. The quantitative estimate of drug-likeness (QED) is 0.772. The number of piperazine rings is 1. The Morgan fingerprint density at radius 1 is 1.08 bits per heavy atom. The lowest BCUT2D eigenvalue weighted by Crippen LogP contribution is -2.61. The maximum atomic E-state index is 13.0. The molecule has 0 radical (unpaired) electrons. The predicted molar refractivity (Wildman–Crippen MR) is 96.5 cm³/mol. The van der Waals surface area contributed by atoms with Crippen molar-refractivity contribution in [3.63, 3.8) is 0 Å². The Morgan fingerprint density at radius 2 is 1.60 bits per heavy atom. The maximum absolute atomic E-state index is 13.0. The average Bonchev–Trinajstić information content (AvgIpc) is 2.86. The van der Waals surface area contributed by atoms with Crippen LogP contribution in [0.3, 0.4) is 0 Å². The van der Waals surface area contributed by atoms with Crippen LogP contribution in [0.5, 0.6) is 0 Å². The number of rotatable bonds is 2. The van der Waals surface area contributed by atoms with Crippen molar-refractivity contribution in [2.45, 2.75) is 53.6 Å². The molecular formula is C19H29N3O3. The van der Waals surface area contributed by atoms with Gasteiger partial charge in [-0.1, -0.05) is 20.8 Å². The minimum Gasteiger partial charge on any atom is -0.346 e. The van der Waals surface area contributed by atoms with E-state index >= 15 is 0 Å². The molecule has 6 nitrogen and oxygen atoms in total. The first-order valence-corrected chi connectivity index (χ1v) is 8.72. The summed E-state index contributed by atoms with van der Waals surface area (Å²) in [5, 5.41) is 0. The first-order chi connectivity index (χ1) is 11.4. The predicted octanol–water partition coefficient (Wildman–Crippen LogP) is 2.34. The van der Waals surface area contributed by atoms with Crippen molar-refractivity contribution in [1.82, 2.24) is 14.4 Å². The summed E-state index contributed by atoms with van der Waals surface area (Å²) in [5.41, 5.74) is 0.604. The van der Waals surface area contributed by atoms with Gasteiger partial charge in [0.05, 0.1) is 0 Å². The molecular weight excluding hydrogens is 318 g/mol. The molecule has 2 rings (SSSR count). The van der Waals surface area contributed by atoms with Crippen LogP contribution in [0.15, 0.2) is 12.3 Å². The molecule has 2 amide bonds. The molecule has 25 heavy (non-hydrogen) atoms. The Kier molecular flexibility index (Phi) is 5.11. The molecule has 1 aromatic rings. The van der Waals surface area contributed by atoms with Crippen molar-refractivity contribution in [1.29, 1.82) is 0 Å². The second-order valence-electron chi connectivity index (χ2n) is 8.15. The molecule has 0 N–H and O–H groups in total. The summed E-state index contributed by atoms with van der Waals surface area (Å²) in [6, 6.07) is 1.48. The van der Waals surface area contributed by atoms with Crippen molar-refractivity contribution in [3.05, 3.63) is 23.5 Å². The molecule has 2 atom stereocenters. The normalized spacial score (nSPS) is 21.4. The standard InChI is InChI=1S/C19H29N3O3/c1-12-9-21(18(25)19(4,5)6)10-13(2)22(12)17(24)16-8-15(14(3)23)11-20(16)7/h8,11-13H,9-10H2,1-7H3. The van der Waals surface area contributed by atoms with Gasteiger partial charge in [0.25, 0.3) is 5.91 Å². The SMILES string of the molecule is CC(=O)c1cc(C(=O)N2C(C)CN(C(=O)C(C)(C)C)CC2C)n(C)c1. The molecule has 1 fully saturated rings. The van der Waals surface area contributed by atoms with Crippen LogP contribution >= 0.6 is 0 Å². The summed E-state index contributed by atoms with van der Waals surface area (Å²) < 4.78 is 1.70. The summed E-state index contributed by atoms with van der Waals surface area (Å²) in [4.78, 5) is 40.9. The van der Waals surface area contributed by atoms with E-state index in [-0.39, 0.29) is 29.7 Å². The number of ketones is 1. The van der Waals surface area contributed by atoms with Gasteiger partial charge in [-0.25, -0.2) is 0 Å². The fourth-order valence-corrected chi connectivity index (χ4v) is 3.47. The number of carbonyl (C=O) groups is 3. The number of aromatic nitrogens is 1. The van der Waals surface area contributed by atoms with E-state index in [4.69, 9.17) is 0 Å². The minimum atomic E-state index is -0.430. The Balaban J connectivity index is 2.22. The first kappa shape index (κ1) is 19.2. The van der Waals surface area contributed by atoms with Crippen LogP contribution in [0, 0.1) is 5.41 Å². The number of aryl methyl sites for hydroxylation is 1. The molecule has 1 saturated heterocycles. The highest BCUT2D eigenvalue weighted by Gasteiger charge is 2.38. The lowest BCUT2D eigenvalue weighted by atomic mass is 9.93. The molecule has 0 saturated carbocycles. The Hall–Kier alpha value is -2.11. The van der Waals surface area contributed by atoms with Crippen LogP contribution in [0.25, 0.3) is 0 Å². The van der Waals surface area contributed by atoms with Crippen LogP contribution < -0.4 is 0 Å². The topological polar surface area (TPSA) is 62.6 Å². The molecule has 0 bridgehead atoms. The van der Waals surface area contributed by atoms with Crippen LogP contribution in [0.1, 0.15) is 62.4 Å². The number of Topliss-reactive ketones (excluding diaryl/α,β-unsaturated/α-hetero) is 1. The summed E-state index contributed by atoms with van der Waals surface area (Å²) in [7, 11) is 1.77. The van der Waals surface area contributed by atoms with Gasteiger partial charge in [-0.3, -0.25) is 14.4 Å². The van der Waals surface area contributed by atoms with Gasteiger partial charge in [0, 0.05) is 49.4 Å². The second-order valence-corrected chi connectivity index (χ2v) is 8.15. The number of amides is 2. The van der Waals surface area contributed by atoms with E-state index in [2.05, 4.69) is 0 Å². The highest BCUT2D eigenvalue weighted by molar-refractivity contribution is 5.99. The molecule has 0 spiro atoms.